The average molecular weight is 233 g/mol. The molecule has 1 aromatic carbocycles. The molecule has 92 valence electrons. The Morgan fingerprint density at radius 1 is 1.41 bits per heavy atom. The van der Waals surface area contributed by atoms with Gasteiger partial charge in [0.25, 0.3) is 0 Å². The fourth-order valence-corrected chi connectivity index (χ4v) is 1.30. The second-order valence-electron chi connectivity index (χ2n) is 4.53. The zero-order valence-electron chi connectivity index (χ0n) is 10.4. The SMILES string of the molecule is C=CC(=O)OCC(C)(C)NCc1ccccc1. The topological polar surface area (TPSA) is 38.3 Å². The van der Waals surface area contributed by atoms with E-state index in [1.165, 1.54) is 11.6 Å². The Labute approximate surface area is 102 Å². The molecule has 0 fully saturated rings. The van der Waals surface area contributed by atoms with Crippen molar-refractivity contribution in [3.63, 3.8) is 0 Å². The minimum absolute atomic E-state index is 0.255. The number of carbonyl (C=O) groups excluding carboxylic acids is 1. The standard InChI is InChI=1S/C14H19NO2/c1-4-13(16)17-11-14(2,3)15-10-12-8-6-5-7-9-12/h4-9,15H,1,10-11H2,2-3H3. The van der Waals surface area contributed by atoms with E-state index in [1.54, 1.807) is 0 Å². The second kappa shape index (κ2) is 6.21. The summed E-state index contributed by atoms with van der Waals surface area (Å²) >= 11 is 0. The second-order valence-corrected chi connectivity index (χ2v) is 4.53. The van der Waals surface area contributed by atoms with E-state index in [1.807, 2.05) is 32.0 Å². The first-order valence-corrected chi connectivity index (χ1v) is 5.62. The zero-order valence-corrected chi connectivity index (χ0v) is 10.4. The lowest BCUT2D eigenvalue weighted by atomic mass is 10.1. The zero-order chi connectivity index (χ0) is 12.7. The summed E-state index contributed by atoms with van der Waals surface area (Å²) in [4.78, 5) is 11.0. The average Bonchev–Trinajstić information content (AvgIpc) is 2.35. The third-order valence-corrected chi connectivity index (χ3v) is 2.36. The molecule has 1 aromatic rings. The Morgan fingerprint density at radius 3 is 2.65 bits per heavy atom. The van der Waals surface area contributed by atoms with Crippen LogP contribution >= 0.6 is 0 Å². The highest BCUT2D eigenvalue weighted by Gasteiger charge is 2.18. The summed E-state index contributed by atoms with van der Waals surface area (Å²) in [6.45, 7) is 8.42. The first-order valence-electron chi connectivity index (χ1n) is 5.62. The first-order chi connectivity index (χ1) is 8.03. The Balaban J connectivity index is 2.39. The molecule has 3 nitrogen and oxygen atoms in total. The summed E-state index contributed by atoms with van der Waals surface area (Å²) in [7, 11) is 0. The van der Waals surface area contributed by atoms with E-state index in [2.05, 4.69) is 24.0 Å². The van der Waals surface area contributed by atoms with Gasteiger partial charge in [-0.3, -0.25) is 0 Å². The Kier molecular flexibility index (Phi) is 4.91. The van der Waals surface area contributed by atoms with Gasteiger partial charge < -0.3 is 10.1 Å². The van der Waals surface area contributed by atoms with Gasteiger partial charge in [-0.1, -0.05) is 36.9 Å². The molecule has 0 radical (unpaired) electrons. The van der Waals surface area contributed by atoms with Crippen molar-refractivity contribution in [2.45, 2.75) is 25.9 Å². The van der Waals surface area contributed by atoms with E-state index in [-0.39, 0.29) is 11.5 Å². The van der Waals surface area contributed by atoms with E-state index in [4.69, 9.17) is 4.74 Å². The fourth-order valence-electron chi connectivity index (χ4n) is 1.30. The smallest absolute Gasteiger partial charge is 0.330 e. The molecule has 0 atom stereocenters. The van der Waals surface area contributed by atoms with Gasteiger partial charge in [0.15, 0.2) is 0 Å². The summed E-state index contributed by atoms with van der Waals surface area (Å²) in [5, 5.41) is 3.34. The number of rotatable bonds is 6. The van der Waals surface area contributed by atoms with Crippen molar-refractivity contribution in [3.8, 4) is 0 Å². The third kappa shape index (κ3) is 5.31. The molecule has 17 heavy (non-hydrogen) atoms. The maximum absolute atomic E-state index is 11.0. The lowest BCUT2D eigenvalue weighted by Crippen LogP contribution is -2.43. The number of nitrogens with one attached hydrogen (secondary N) is 1. The highest BCUT2D eigenvalue weighted by atomic mass is 16.5. The first kappa shape index (κ1) is 13.5. The lowest BCUT2D eigenvalue weighted by Gasteiger charge is -2.25. The molecule has 0 bridgehead atoms. The highest BCUT2D eigenvalue weighted by Crippen LogP contribution is 2.06. The van der Waals surface area contributed by atoms with Crippen LogP contribution in [0.5, 0.6) is 0 Å². The van der Waals surface area contributed by atoms with Crippen LogP contribution in [-0.4, -0.2) is 18.1 Å². The van der Waals surface area contributed by atoms with Crippen molar-refractivity contribution in [2.75, 3.05) is 6.61 Å². The number of hydrogen-bond donors (Lipinski definition) is 1. The number of hydrogen-bond acceptors (Lipinski definition) is 3. The molecule has 1 N–H and O–H groups in total. The van der Waals surface area contributed by atoms with E-state index < -0.39 is 0 Å². The molecule has 0 amide bonds. The molecule has 0 spiro atoms. The van der Waals surface area contributed by atoms with Crippen molar-refractivity contribution in [2.24, 2.45) is 0 Å². The van der Waals surface area contributed by atoms with E-state index in [9.17, 15) is 4.79 Å². The van der Waals surface area contributed by atoms with Crippen LogP contribution in [0.25, 0.3) is 0 Å². The largest absolute Gasteiger partial charge is 0.461 e. The molecule has 0 saturated heterocycles. The minimum atomic E-state index is -0.389. The summed E-state index contributed by atoms with van der Waals surface area (Å²) < 4.78 is 5.02. The molecule has 0 aromatic heterocycles. The highest BCUT2D eigenvalue weighted by molar-refractivity contribution is 5.81. The molecular formula is C14H19NO2. The molecule has 0 aliphatic rings. The van der Waals surface area contributed by atoms with Crippen LogP contribution in [0.15, 0.2) is 43.0 Å². The van der Waals surface area contributed by atoms with Crippen LogP contribution in [0.1, 0.15) is 19.4 Å². The van der Waals surface area contributed by atoms with Gasteiger partial charge in [0.1, 0.15) is 6.61 Å². The molecule has 0 heterocycles. The summed E-state index contributed by atoms with van der Waals surface area (Å²) in [5.74, 6) is -0.389. The number of esters is 1. The van der Waals surface area contributed by atoms with Crippen molar-refractivity contribution < 1.29 is 9.53 Å². The molecule has 1 rings (SSSR count). The Bertz CT molecular complexity index is 371. The summed E-state index contributed by atoms with van der Waals surface area (Å²) in [5.41, 5.74) is 0.949. The predicted octanol–water partition coefficient (Wildman–Crippen LogP) is 2.28. The van der Waals surface area contributed by atoms with Crippen molar-refractivity contribution in [1.82, 2.24) is 5.32 Å². The van der Waals surface area contributed by atoms with Crippen LogP contribution in [0.4, 0.5) is 0 Å². The van der Waals surface area contributed by atoms with Crippen LogP contribution < -0.4 is 5.32 Å². The molecule has 0 unspecified atom stereocenters. The Hall–Kier alpha value is -1.61. The summed E-state index contributed by atoms with van der Waals surface area (Å²) in [6.07, 6.45) is 1.17. The van der Waals surface area contributed by atoms with Crippen LogP contribution in [-0.2, 0) is 16.1 Å². The van der Waals surface area contributed by atoms with E-state index >= 15 is 0 Å². The van der Waals surface area contributed by atoms with Gasteiger partial charge in [-0.15, -0.1) is 0 Å². The third-order valence-electron chi connectivity index (χ3n) is 2.36. The maximum Gasteiger partial charge on any atom is 0.330 e. The predicted molar refractivity (Wildman–Crippen MR) is 68.5 cm³/mol. The fraction of sp³-hybridized carbons (Fsp3) is 0.357. The van der Waals surface area contributed by atoms with Crippen LogP contribution in [0, 0.1) is 0 Å². The molecule has 3 heteroatoms. The van der Waals surface area contributed by atoms with Gasteiger partial charge >= 0.3 is 5.97 Å². The van der Waals surface area contributed by atoms with Crippen molar-refractivity contribution >= 4 is 5.97 Å². The van der Waals surface area contributed by atoms with Gasteiger partial charge in [-0.05, 0) is 19.4 Å². The quantitative estimate of drug-likeness (QED) is 0.605. The van der Waals surface area contributed by atoms with Gasteiger partial charge in [0, 0.05) is 18.2 Å². The summed E-state index contributed by atoms with van der Waals surface area (Å²) in [6, 6.07) is 10.1. The molecular weight excluding hydrogens is 214 g/mol. The van der Waals surface area contributed by atoms with Crippen LogP contribution in [0.3, 0.4) is 0 Å². The van der Waals surface area contributed by atoms with Gasteiger partial charge in [0.2, 0.25) is 0 Å². The number of carbonyl (C=O) groups is 1. The van der Waals surface area contributed by atoms with Gasteiger partial charge in [0.05, 0.1) is 0 Å². The van der Waals surface area contributed by atoms with Gasteiger partial charge in [-0.2, -0.15) is 0 Å². The molecule has 0 aliphatic carbocycles. The van der Waals surface area contributed by atoms with Gasteiger partial charge in [-0.25, -0.2) is 4.79 Å². The van der Waals surface area contributed by atoms with Crippen molar-refractivity contribution in [3.05, 3.63) is 48.6 Å². The monoisotopic (exact) mass is 233 g/mol. The molecule has 0 saturated carbocycles. The van der Waals surface area contributed by atoms with Crippen molar-refractivity contribution in [1.29, 1.82) is 0 Å². The van der Waals surface area contributed by atoms with Crippen LogP contribution in [0.2, 0.25) is 0 Å². The maximum atomic E-state index is 11.0. The normalized spacial score (nSPS) is 10.9. The number of ether oxygens (including phenoxy) is 1. The lowest BCUT2D eigenvalue weighted by molar-refractivity contribution is -0.139. The number of benzene rings is 1. The minimum Gasteiger partial charge on any atom is -0.461 e. The Morgan fingerprint density at radius 2 is 2.06 bits per heavy atom. The van der Waals surface area contributed by atoms with E-state index in [0.717, 1.165) is 6.54 Å². The molecule has 0 aliphatic heterocycles. The van der Waals surface area contributed by atoms with E-state index in [0.29, 0.717) is 6.61 Å².